The molecule has 112 valence electrons. The molecule has 8 nitrogen and oxygen atoms in total. The van der Waals surface area contributed by atoms with Crippen molar-refractivity contribution in [3.8, 4) is 0 Å². The number of para-hydroxylation sites is 1. The van der Waals surface area contributed by atoms with Crippen LogP contribution >= 0.6 is 0 Å². The Bertz CT molecular complexity index is 603. The molecule has 0 aliphatic carbocycles. The summed E-state index contributed by atoms with van der Waals surface area (Å²) >= 11 is 0. The molecular weight excluding hydrogens is 290 g/mol. The lowest BCUT2D eigenvalue weighted by molar-refractivity contribution is -0.134. The number of anilines is 1. The van der Waals surface area contributed by atoms with Gasteiger partial charge in [-0.2, -0.15) is 0 Å². The minimum atomic E-state index is -4.00. The van der Waals surface area contributed by atoms with Crippen LogP contribution in [0.4, 0.5) is 5.69 Å². The molecule has 0 aliphatic rings. The van der Waals surface area contributed by atoms with E-state index in [0.29, 0.717) is 0 Å². The third-order valence-corrected chi connectivity index (χ3v) is 3.92. The number of nitrogens with two attached hydrogens (primary N) is 1. The second-order valence-electron chi connectivity index (χ2n) is 3.69. The Morgan fingerprint density at radius 2 is 1.70 bits per heavy atom. The van der Waals surface area contributed by atoms with E-state index in [9.17, 15) is 13.2 Å². The maximum Gasteiger partial charge on any atom is 0.337 e. The van der Waals surface area contributed by atoms with Crippen LogP contribution in [0, 0.1) is 0 Å². The number of hydrogen-bond donors (Lipinski definition) is 4. The fourth-order valence-corrected chi connectivity index (χ4v) is 2.21. The standard InChI is InChI=1S/C9H11NO5S.C2H4O2/c1-5(11)16(14,15)7-4-2-3-6(8(7)10)9(12)13;1-2(3)4/h2-5,11H,10H2,1H3,(H,12,13);1H3,(H,3,4). The summed E-state index contributed by atoms with van der Waals surface area (Å²) in [5.41, 5.74) is 3.13. The molecule has 1 rings (SSSR count). The van der Waals surface area contributed by atoms with E-state index < -0.39 is 27.2 Å². The predicted octanol–water partition coefficient (Wildman–Crippen LogP) is 0.170. The van der Waals surface area contributed by atoms with Crippen molar-refractivity contribution in [3.05, 3.63) is 23.8 Å². The lowest BCUT2D eigenvalue weighted by Gasteiger charge is -2.11. The molecule has 1 aromatic carbocycles. The van der Waals surface area contributed by atoms with Crippen LogP contribution in [0.15, 0.2) is 23.1 Å². The fourth-order valence-electron chi connectivity index (χ4n) is 1.16. The molecule has 0 fully saturated rings. The van der Waals surface area contributed by atoms with E-state index in [1.807, 2.05) is 0 Å². The fraction of sp³-hybridized carbons (Fsp3) is 0.273. The Morgan fingerprint density at radius 3 is 2.05 bits per heavy atom. The number of hydrogen-bond acceptors (Lipinski definition) is 6. The van der Waals surface area contributed by atoms with Gasteiger partial charge in [-0.05, 0) is 19.1 Å². The molecule has 9 heteroatoms. The number of nitrogen functional groups attached to an aromatic ring is 1. The van der Waals surface area contributed by atoms with Crippen LogP contribution in [0.3, 0.4) is 0 Å². The zero-order valence-electron chi connectivity index (χ0n) is 10.8. The average molecular weight is 305 g/mol. The lowest BCUT2D eigenvalue weighted by Crippen LogP contribution is -2.19. The average Bonchev–Trinajstić information content (AvgIpc) is 2.27. The Kier molecular flexibility index (Phi) is 6.14. The van der Waals surface area contributed by atoms with Gasteiger partial charge in [-0.1, -0.05) is 6.07 Å². The number of benzene rings is 1. The SMILES string of the molecule is CC(=O)O.CC(O)S(=O)(=O)c1cccc(C(=O)O)c1N. The Balaban J connectivity index is 0.000000796. The number of aliphatic hydroxyl groups is 1. The molecule has 0 saturated carbocycles. The van der Waals surface area contributed by atoms with Crippen molar-refractivity contribution >= 4 is 27.5 Å². The number of rotatable bonds is 3. The smallest absolute Gasteiger partial charge is 0.337 e. The van der Waals surface area contributed by atoms with Gasteiger partial charge in [0.1, 0.15) is 0 Å². The van der Waals surface area contributed by atoms with Gasteiger partial charge in [0.15, 0.2) is 5.44 Å². The minimum Gasteiger partial charge on any atom is -0.481 e. The topological polar surface area (TPSA) is 155 Å². The molecule has 0 bridgehead atoms. The second kappa shape index (κ2) is 6.87. The Labute approximate surface area is 115 Å². The van der Waals surface area contributed by atoms with Gasteiger partial charge >= 0.3 is 5.97 Å². The molecule has 0 aromatic heterocycles. The van der Waals surface area contributed by atoms with Gasteiger partial charge in [0, 0.05) is 6.92 Å². The lowest BCUT2D eigenvalue weighted by atomic mass is 10.2. The first kappa shape index (κ1) is 17.9. The summed E-state index contributed by atoms with van der Waals surface area (Å²) < 4.78 is 23.2. The number of aliphatic carboxylic acids is 1. The highest BCUT2D eigenvalue weighted by Gasteiger charge is 2.25. The summed E-state index contributed by atoms with van der Waals surface area (Å²) in [7, 11) is -4.00. The van der Waals surface area contributed by atoms with E-state index in [4.69, 9.17) is 25.8 Å². The van der Waals surface area contributed by atoms with Crippen molar-refractivity contribution in [2.24, 2.45) is 0 Å². The number of aromatic carboxylic acids is 1. The molecule has 1 aromatic rings. The highest BCUT2D eigenvalue weighted by Crippen LogP contribution is 2.25. The first-order chi connectivity index (χ1) is 9.01. The van der Waals surface area contributed by atoms with Crippen molar-refractivity contribution in [2.75, 3.05) is 5.73 Å². The normalized spacial score (nSPS) is 11.9. The minimum absolute atomic E-state index is 0.304. The third-order valence-electron chi connectivity index (χ3n) is 2.05. The van der Waals surface area contributed by atoms with E-state index in [1.54, 1.807) is 0 Å². The van der Waals surface area contributed by atoms with Gasteiger partial charge in [-0.15, -0.1) is 0 Å². The first-order valence-corrected chi connectivity index (χ1v) is 6.79. The molecule has 0 radical (unpaired) electrons. The molecule has 0 spiro atoms. The first-order valence-electron chi connectivity index (χ1n) is 5.25. The van der Waals surface area contributed by atoms with Gasteiger partial charge in [0.25, 0.3) is 5.97 Å². The van der Waals surface area contributed by atoms with Gasteiger partial charge in [-0.3, -0.25) is 4.79 Å². The van der Waals surface area contributed by atoms with Gasteiger partial charge in [-0.25, -0.2) is 13.2 Å². The van der Waals surface area contributed by atoms with Gasteiger partial charge < -0.3 is 21.1 Å². The number of carboxylic acids is 2. The Hall–Kier alpha value is -2.13. The monoisotopic (exact) mass is 305 g/mol. The maximum atomic E-state index is 11.6. The summed E-state index contributed by atoms with van der Waals surface area (Å²) in [5.74, 6) is -2.15. The number of aliphatic hydroxyl groups excluding tert-OH is 1. The summed E-state index contributed by atoms with van der Waals surface area (Å²) in [6, 6.07) is 3.61. The quantitative estimate of drug-likeness (QED) is 0.576. The van der Waals surface area contributed by atoms with Crippen molar-refractivity contribution in [2.45, 2.75) is 24.2 Å². The summed E-state index contributed by atoms with van der Waals surface area (Å²) in [6.45, 7) is 2.15. The molecule has 20 heavy (non-hydrogen) atoms. The van der Waals surface area contributed by atoms with Crippen LogP contribution in [0.1, 0.15) is 24.2 Å². The molecule has 0 heterocycles. The van der Waals surface area contributed by atoms with Crippen LogP contribution in [0.25, 0.3) is 0 Å². The largest absolute Gasteiger partial charge is 0.481 e. The zero-order valence-corrected chi connectivity index (χ0v) is 11.6. The number of carbonyl (C=O) groups is 2. The summed E-state index contributed by atoms with van der Waals surface area (Å²) in [5, 5.41) is 25.3. The van der Waals surface area contributed by atoms with E-state index in [0.717, 1.165) is 19.9 Å². The van der Waals surface area contributed by atoms with E-state index >= 15 is 0 Å². The molecule has 5 N–H and O–H groups in total. The predicted molar refractivity (Wildman–Crippen MR) is 70.0 cm³/mol. The van der Waals surface area contributed by atoms with Crippen molar-refractivity contribution in [3.63, 3.8) is 0 Å². The summed E-state index contributed by atoms with van der Waals surface area (Å²) in [6.07, 6.45) is 0. The number of carboxylic acid groups (broad SMARTS) is 2. The molecule has 0 aliphatic heterocycles. The summed E-state index contributed by atoms with van der Waals surface area (Å²) in [4.78, 5) is 19.4. The van der Waals surface area contributed by atoms with Crippen LogP contribution in [0.5, 0.6) is 0 Å². The van der Waals surface area contributed by atoms with Crippen LogP contribution < -0.4 is 5.73 Å². The van der Waals surface area contributed by atoms with Gasteiger partial charge in [0.05, 0.1) is 16.1 Å². The van der Waals surface area contributed by atoms with Crippen LogP contribution in [-0.2, 0) is 14.6 Å². The maximum absolute atomic E-state index is 11.6. The molecule has 1 atom stereocenters. The van der Waals surface area contributed by atoms with Crippen molar-refractivity contribution < 1.29 is 33.3 Å². The highest BCUT2D eigenvalue weighted by molar-refractivity contribution is 7.92. The molecule has 0 amide bonds. The van der Waals surface area contributed by atoms with Gasteiger partial charge in [0.2, 0.25) is 9.84 Å². The zero-order chi connectivity index (χ0) is 16.1. The van der Waals surface area contributed by atoms with Crippen molar-refractivity contribution in [1.29, 1.82) is 0 Å². The third kappa shape index (κ3) is 4.52. The number of sulfone groups is 1. The van der Waals surface area contributed by atoms with Crippen molar-refractivity contribution in [1.82, 2.24) is 0 Å². The second-order valence-corrected chi connectivity index (χ2v) is 5.90. The molecule has 1 unspecified atom stereocenters. The highest BCUT2D eigenvalue weighted by atomic mass is 32.2. The van der Waals surface area contributed by atoms with E-state index in [-0.39, 0.29) is 16.1 Å². The molecule has 0 saturated heterocycles. The Morgan fingerprint density at radius 1 is 1.25 bits per heavy atom. The molecular formula is C11H15NO7S. The van der Waals surface area contributed by atoms with Crippen LogP contribution in [-0.4, -0.2) is 41.1 Å². The van der Waals surface area contributed by atoms with E-state index in [1.165, 1.54) is 12.1 Å². The van der Waals surface area contributed by atoms with Crippen LogP contribution in [0.2, 0.25) is 0 Å². The van der Waals surface area contributed by atoms with E-state index in [2.05, 4.69) is 0 Å².